The fourth-order valence-corrected chi connectivity index (χ4v) is 6.38. The molecule has 282 valence electrons. The first kappa shape index (κ1) is 40.3. The Hall–Kier alpha value is -5.46. The summed E-state index contributed by atoms with van der Waals surface area (Å²) in [5.41, 5.74) is -0.144. The quantitative estimate of drug-likeness (QED) is 0.159. The van der Waals surface area contributed by atoms with Crippen LogP contribution in [0.1, 0.15) is 37.7 Å². The number of imide groups is 1. The van der Waals surface area contributed by atoms with E-state index in [0.29, 0.717) is 0 Å². The van der Waals surface area contributed by atoms with E-state index in [9.17, 15) is 28.7 Å². The minimum absolute atomic E-state index is 0.0427. The number of nitrogens with zero attached hydrogens (tertiary/aromatic N) is 4. The standard InChI is InChI=1S/C36H41F3N6O6.C2H2/c1-36(2,12-15-51-35(50)41-13-14-44-30(47)10-11-31(44)48)33(45(32(49)22-46)20-24-17-40-18-28(24)39)34-42-29(26-16-25(37)8-9-27(26)38)21-43(34)19-23-6-4-3-5-7-23;1-2/h3-11,16,21,24,28,33,40,46H,12-15,17-20,22H2,1-2H3,(H,41,50);1-2H/t24-,28-,33-;/m0./s1. The number of terminal acetylenes is 1. The maximum absolute atomic E-state index is 15.1. The highest BCUT2D eigenvalue weighted by atomic mass is 19.1. The summed E-state index contributed by atoms with van der Waals surface area (Å²) in [6.07, 6.45) is 9.92. The van der Waals surface area contributed by atoms with E-state index in [1.165, 1.54) is 4.90 Å². The van der Waals surface area contributed by atoms with E-state index in [4.69, 9.17) is 9.72 Å². The number of hydrogen-bond donors (Lipinski definition) is 3. The molecular formula is C38H43F3N6O6. The number of imidazole rings is 1. The molecule has 3 atom stereocenters. The lowest BCUT2D eigenvalue weighted by Gasteiger charge is -2.43. The summed E-state index contributed by atoms with van der Waals surface area (Å²) in [4.78, 5) is 56.9. The number of nitrogens with one attached hydrogen (secondary N) is 2. The second kappa shape index (κ2) is 18.3. The van der Waals surface area contributed by atoms with Gasteiger partial charge in [0.2, 0.25) is 5.91 Å². The Labute approximate surface area is 306 Å². The van der Waals surface area contributed by atoms with Gasteiger partial charge in [-0.3, -0.25) is 19.3 Å². The fraction of sp³-hybridized carbons (Fsp3) is 0.395. The normalized spacial score (nSPS) is 17.3. The first-order chi connectivity index (χ1) is 25.4. The second-order valence-corrected chi connectivity index (χ2v) is 13.2. The van der Waals surface area contributed by atoms with Crippen LogP contribution in [-0.4, -0.2) is 100 Å². The van der Waals surface area contributed by atoms with Crippen LogP contribution in [0.25, 0.3) is 11.3 Å². The molecule has 3 aromatic rings. The van der Waals surface area contributed by atoms with Crippen LogP contribution in [0.4, 0.5) is 18.0 Å². The smallest absolute Gasteiger partial charge is 0.407 e. The highest BCUT2D eigenvalue weighted by Crippen LogP contribution is 2.43. The van der Waals surface area contributed by atoms with Gasteiger partial charge in [-0.25, -0.2) is 22.9 Å². The van der Waals surface area contributed by atoms with E-state index in [0.717, 1.165) is 40.8 Å². The van der Waals surface area contributed by atoms with Gasteiger partial charge in [-0.05, 0) is 35.6 Å². The maximum Gasteiger partial charge on any atom is 0.407 e. The molecule has 4 amide bonds. The molecule has 53 heavy (non-hydrogen) atoms. The van der Waals surface area contributed by atoms with Crippen molar-refractivity contribution in [2.75, 3.05) is 45.9 Å². The second-order valence-electron chi connectivity index (χ2n) is 13.2. The number of benzene rings is 2. The molecule has 0 aliphatic carbocycles. The van der Waals surface area contributed by atoms with E-state index in [-0.39, 0.29) is 69.4 Å². The van der Waals surface area contributed by atoms with Crippen molar-refractivity contribution < 1.29 is 42.2 Å². The monoisotopic (exact) mass is 736 g/mol. The third kappa shape index (κ3) is 10.1. The predicted octanol–water partition coefficient (Wildman–Crippen LogP) is 3.61. The van der Waals surface area contributed by atoms with Crippen LogP contribution >= 0.6 is 0 Å². The van der Waals surface area contributed by atoms with Crippen LogP contribution in [0.2, 0.25) is 0 Å². The number of alkyl carbamates (subject to hydrolysis) is 1. The van der Waals surface area contributed by atoms with Crippen LogP contribution < -0.4 is 10.6 Å². The molecule has 12 nitrogen and oxygen atoms in total. The van der Waals surface area contributed by atoms with Crippen molar-refractivity contribution in [3.63, 3.8) is 0 Å². The van der Waals surface area contributed by atoms with Crippen LogP contribution in [0.5, 0.6) is 0 Å². The number of ether oxygens (including phenoxy) is 1. The molecular weight excluding hydrogens is 693 g/mol. The topological polar surface area (TPSA) is 146 Å². The zero-order valence-electron chi connectivity index (χ0n) is 29.5. The predicted molar refractivity (Wildman–Crippen MR) is 189 cm³/mol. The molecule has 2 aromatic carbocycles. The summed E-state index contributed by atoms with van der Waals surface area (Å²) in [6.45, 7) is 3.01. The number of hydrogen-bond acceptors (Lipinski definition) is 8. The summed E-state index contributed by atoms with van der Waals surface area (Å²) in [5, 5.41) is 15.7. The maximum atomic E-state index is 15.1. The van der Waals surface area contributed by atoms with E-state index in [1.807, 2.05) is 30.3 Å². The molecule has 2 aliphatic heterocycles. The highest BCUT2D eigenvalue weighted by Gasteiger charge is 2.43. The van der Waals surface area contributed by atoms with Crippen LogP contribution in [0, 0.1) is 35.8 Å². The number of aliphatic hydroxyl groups is 1. The van der Waals surface area contributed by atoms with Crippen LogP contribution in [-0.2, 0) is 25.7 Å². The number of carbonyl (C=O) groups is 4. The van der Waals surface area contributed by atoms with E-state index in [2.05, 4.69) is 23.5 Å². The lowest BCUT2D eigenvalue weighted by atomic mass is 9.79. The molecule has 1 saturated heterocycles. The largest absolute Gasteiger partial charge is 0.450 e. The molecule has 5 rings (SSSR count). The van der Waals surface area contributed by atoms with Gasteiger partial charge in [-0.2, -0.15) is 0 Å². The molecule has 3 heterocycles. The third-order valence-corrected chi connectivity index (χ3v) is 9.13. The summed E-state index contributed by atoms with van der Waals surface area (Å²) >= 11 is 0. The number of amides is 4. The molecule has 2 aliphatic rings. The molecule has 0 radical (unpaired) electrons. The molecule has 0 bridgehead atoms. The number of alkyl halides is 1. The SMILES string of the molecule is C#C.CC(C)(CCOC(=O)NCCN1C(=O)C=CC1=O)[C@H](c1nc(-c2cc(F)ccc2F)cn1Cc1ccccc1)N(C[C@@H]1CNC[C@@H]1F)C(=O)CO. The fourth-order valence-electron chi connectivity index (χ4n) is 6.38. The Bertz CT molecular complexity index is 1800. The van der Waals surface area contributed by atoms with Crippen LogP contribution in [0.15, 0.2) is 66.9 Å². The minimum Gasteiger partial charge on any atom is -0.450 e. The van der Waals surface area contributed by atoms with Crippen molar-refractivity contribution >= 4 is 23.8 Å². The van der Waals surface area contributed by atoms with Gasteiger partial charge in [0.05, 0.1) is 18.3 Å². The highest BCUT2D eigenvalue weighted by molar-refractivity contribution is 6.12. The lowest BCUT2D eigenvalue weighted by molar-refractivity contribution is -0.141. The van der Waals surface area contributed by atoms with Gasteiger partial charge < -0.3 is 29.9 Å². The Morgan fingerprint density at radius 3 is 2.45 bits per heavy atom. The Kier molecular flexibility index (Phi) is 14.0. The van der Waals surface area contributed by atoms with Crippen LogP contribution in [0.3, 0.4) is 0 Å². The molecule has 1 aromatic heterocycles. The number of aliphatic hydroxyl groups excluding tert-OH is 1. The molecule has 0 unspecified atom stereocenters. The number of aromatic nitrogens is 2. The van der Waals surface area contributed by atoms with Gasteiger partial charge in [0.25, 0.3) is 11.8 Å². The van der Waals surface area contributed by atoms with E-state index < -0.39 is 65.6 Å². The molecule has 0 spiro atoms. The Balaban J connectivity index is 0.00000308. The number of halogens is 3. The van der Waals surface area contributed by atoms with Crippen molar-refractivity contribution in [2.45, 2.75) is 39.0 Å². The van der Waals surface area contributed by atoms with Gasteiger partial charge in [0.15, 0.2) is 0 Å². The first-order valence-corrected chi connectivity index (χ1v) is 17.0. The van der Waals surface area contributed by atoms with E-state index >= 15 is 8.78 Å². The Morgan fingerprint density at radius 2 is 1.81 bits per heavy atom. The Morgan fingerprint density at radius 1 is 1.11 bits per heavy atom. The molecule has 3 N–H and O–H groups in total. The van der Waals surface area contributed by atoms with Gasteiger partial charge >= 0.3 is 6.09 Å². The van der Waals surface area contributed by atoms with Gasteiger partial charge in [-0.15, -0.1) is 12.8 Å². The average Bonchev–Trinajstić information content (AvgIpc) is 3.84. The number of rotatable bonds is 15. The first-order valence-electron chi connectivity index (χ1n) is 17.0. The number of carbonyl (C=O) groups excluding carboxylic acids is 4. The van der Waals surface area contributed by atoms with Gasteiger partial charge in [-0.1, -0.05) is 44.2 Å². The lowest BCUT2D eigenvalue weighted by Crippen LogP contribution is -2.48. The molecule has 1 fully saturated rings. The summed E-state index contributed by atoms with van der Waals surface area (Å²) < 4.78 is 51.7. The van der Waals surface area contributed by atoms with Crippen molar-refractivity contribution in [3.05, 3.63) is 89.9 Å². The van der Waals surface area contributed by atoms with E-state index in [1.54, 1.807) is 24.6 Å². The summed E-state index contributed by atoms with van der Waals surface area (Å²) in [5.74, 6) is -3.38. The zero-order chi connectivity index (χ0) is 38.7. The zero-order valence-corrected chi connectivity index (χ0v) is 29.5. The summed E-state index contributed by atoms with van der Waals surface area (Å²) in [6, 6.07) is 11.3. The van der Waals surface area contributed by atoms with Crippen molar-refractivity contribution in [1.29, 1.82) is 0 Å². The van der Waals surface area contributed by atoms with Gasteiger partial charge in [0.1, 0.15) is 30.2 Å². The van der Waals surface area contributed by atoms with Crippen molar-refractivity contribution in [2.24, 2.45) is 11.3 Å². The molecule has 0 saturated carbocycles. The third-order valence-electron chi connectivity index (χ3n) is 9.13. The average molecular weight is 737 g/mol. The molecule has 15 heteroatoms. The summed E-state index contributed by atoms with van der Waals surface area (Å²) in [7, 11) is 0. The van der Waals surface area contributed by atoms with Crippen molar-refractivity contribution in [3.8, 4) is 24.1 Å². The minimum atomic E-state index is -1.27. The van der Waals surface area contributed by atoms with Gasteiger partial charge in [0, 0.05) is 69.1 Å². The van der Waals surface area contributed by atoms with Crippen molar-refractivity contribution in [1.82, 2.24) is 30.0 Å².